The van der Waals surface area contributed by atoms with E-state index < -0.39 is 0 Å². The molecule has 0 aliphatic rings. The Labute approximate surface area is 102 Å². The lowest BCUT2D eigenvalue weighted by Crippen LogP contribution is -2.03. The summed E-state index contributed by atoms with van der Waals surface area (Å²) in [7, 11) is 4.25. The van der Waals surface area contributed by atoms with Gasteiger partial charge in [-0.25, -0.2) is 4.39 Å². The van der Waals surface area contributed by atoms with Gasteiger partial charge in [0.15, 0.2) is 0 Å². The minimum Gasteiger partial charge on any atom is -0.286 e. The van der Waals surface area contributed by atoms with Crippen LogP contribution in [-0.2, 0) is 0 Å². The van der Waals surface area contributed by atoms with Crippen molar-refractivity contribution in [1.29, 1.82) is 0 Å². The summed E-state index contributed by atoms with van der Waals surface area (Å²) in [5, 5.41) is 1.68. The number of hydrogen-bond acceptors (Lipinski definition) is 2. The van der Waals surface area contributed by atoms with E-state index in [9.17, 15) is 4.39 Å². The van der Waals surface area contributed by atoms with Crippen LogP contribution in [0.1, 0.15) is 19.4 Å². The summed E-state index contributed by atoms with van der Waals surface area (Å²) in [6.45, 7) is 7.54. The van der Waals surface area contributed by atoms with Gasteiger partial charge >= 0.3 is 0 Å². The molecule has 1 atom stereocenters. The molecule has 0 aromatic heterocycles. The van der Waals surface area contributed by atoms with E-state index >= 15 is 0 Å². The zero-order chi connectivity index (χ0) is 12.3. The second-order valence-electron chi connectivity index (χ2n) is 3.50. The van der Waals surface area contributed by atoms with Crippen molar-refractivity contribution in [1.82, 2.24) is 0 Å². The van der Waals surface area contributed by atoms with E-state index in [0.717, 1.165) is 21.5 Å². The largest absolute Gasteiger partial charge is 0.286 e. The third-order valence-corrected chi connectivity index (χ3v) is 3.91. The molecule has 1 aromatic rings. The lowest BCUT2D eigenvalue weighted by Gasteiger charge is -2.09. The van der Waals surface area contributed by atoms with Crippen LogP contribution in [0, 0.1) is 5.82 Å². The molecule has 16 heavy (non-hydrogen) atoms. The molecule has 0 N–H and O–H groups in total. The molecule has 0 amide bonds. The number of hydrogen-bond donors (Lipinski definition) is 0. The van der Waals surface area contributed by atoms with Gasteiger partial charge in [0.1, 0.15) is 5.82 Å². The van der Waals surface area contributed by atoms with E-state index in [-0.39, 0.29) is 5.82 Å². The quantitative estimate of drug-likeness (QED) is 0.341. The Morgan fingerprint density at radius 2 is 2.06 bits per heavy atom. The number of thioether (sulfide) groups is 1. The average Bonchev–Trinajstić information content (AvgIpc) is 2.22. The van der Waals surface area contributed by atoms with Gasteiger partial charge in [-0.2, -0.15) is 0 Å². The maximum Gasteiger partial charge on any atom is 0.138 e. The van der Waals surface area contributed by atoms with Crippen molar-refractivity contribution in [3.63, 3.8) is 0 Å². The summed E-state index contributed by atoms with van der Waals surface area (Å²) in [6.07, 6.45) is 0. The molecule has 86 valence electrons. The predicted octanol–water partition coefficient (Wildman–Crippen LogP) is 3.50. The normalized spacial score (nSPS) is 11.7. The summed E-state index contributed by atoms with van der Waals surface area (Å²) < 4.78 is 13.8. The van der Waals surface area contributed by atoms with E-state index in [4.69, 9.17) is 0 Å². The van der Waals surface area contributed by atoms with Crippen LogP contribution in [0.5, 0.6) is 0 Å². The maximum atomic E-state index is 13.8. The Morgan fingerprint density at radius 3 is 2.50 bits per heavy atom. The fourth-order valence-electron chi connectivity index (χ4n) is 1.16. The molecular formula is C12H15FNPS. The number of benzene rings is 1. The Bertz CT molecular complexity index is 431. The topological polar surface area (TPSA) is 12.4 Å². The molecule has 1 aromatic carbocycles. The highest BCUT2D eigenvalue weighted by atomic mass is 32.2. The van der Waals surface area contributed by atoms with Crippen LogP contribution in [0.4, 0.5) is 4.39 Å². The Hall–Kier alpha value is -0.660. The first-order valence-electron chi connectivity index (χ1n) is 4.81. The molecule has 1 unspecified atom stereocenters. The van der Waals surface area contributed by atoms with Gasteiger partial charge in [0.25, 0.3) is 0 Å². The smallest absolute Gasteiger partial charge is 0.138 e. The zero-order valence-electron chi connectivity index (χ0n) is 9.67. The number of rotatable bonds is 2. The van der Waals surface area contributed by atoms with E-state index in [0.29, 0.717) is 4.90 Å². The van der Waals surface area contributed by atoms with E-state index in [1.165, 1.54) is 17.8 Å². The Morgan fingerprint density at radius 1 is 1.44 bits per heavy atom. The van der Waals surface area contributed by atoms with E-state index in [1.54, 1.807) is 7.05 Å². The molecule has 0 bridgehead atoms. The zero-order valence-corrected chi connectivity index (χ0v) is 11.6. The van der Waals surface area contributed by atoms with Crippen molar-refractivity contribution >= 4 is 36.9 Å². The molecule has 0 saturated heterocycles. The van der Waals surface area contributed by atoms with Crippen molar-refractivity contribution in [2.45, 2.75) is 18.7 Å². The minimum atomic E-state index is -0.224. The standard InChI is InChI=1S/C12H15FNPS/c1-7(2)9-5-10(13)12(11(15)6-9)16-8(3)14-4/h5-6H,1,15H2,2-4H3/b14-8+. The number of nitrogens with zero attached hydrogens (tertiary/aromatic N) is 1. The van der Waals surface area contributed by atoms with E-state index in [2.05, 4.69) is 20.8 Å². The first-order chi connectivity index (χ1) is 7.45. The molecule has 0 aliphatic carbocycles. The summed E-state index contributed by atoms with van der Waals surface area (Å²) in [5.74, 6) is -0.224. The van der Waals surface area contributed by atoms with Crippen molar-refractivity contribution in [2.75, 3.05) is 7.05 Å². The van der Waals surface area contributed by atoms with E-state index in [1.807, 2.05) is 19.9 Å². The summed E-state index contributed by atoms with van der Waals surface area (Å²) in [5.41, 5.74) is 1.69. The molecule has 1 nitrogen and oxygen atoms in total. The SMILES string of the molecule is C=C(C)c1cc(F)c(S/C(C)=N/C)c(P)c1. The van der Waals surface area contributed by atoms with Gasteiger partial charge in [-0.3, -0.25) is 4.99 Å². The average molecular weight is 255 g/mol. The van der Waals surface area contributed by atoms with Crippen molar-refractivity contribution < 1.29 is 4.39 Å². The Balaban J connectivity index is 3.17. The van der Waals surface area contributed by atoms with Gasteiger partial charge in [-0.15, -0.1) is 9.24 Å². The highest BCUT2D eigenvalue weighted by molar-refractivity contribution is 8.14. The number of allylic oxidation sites excluding steroid dienone is 1. The molecule has 0 radical (unpaired) electrons. The third-order valence-electron chi connectivity index (χ3n) is 2.13. The summed E-state index contributed by atoms with van der Waals surface area (Å²) >= 11 is 1.34. The van der Waals surface area contributed by atoms with Gasteiger partial charge in [-0.05, 0) is 36.8 Å². The summed E-state index contributed by atoms with van der Waals surface area (Å²) in [4.78, 5) is 4.62. The monoisotopic (exact) mass is 255 g/mol. The number of halogens is 1. The molecular weight excluding hydrogens is 240 g/mol. The molecule has 0 spiro atoms. The molecule has 0 fully saturated rings. The van der Waals surface area contributed by atoms with Crippen LogP contribution in [0.25, 0.3) is 5.57 Å². The van der Waals surface area contributed by atoms with Crippen molar-refractivity contribution in [3.8, 4) is 0 Å². The number of aliphatic imine (C=N–C) groups is 1. The third kappa shape index (κ3) is 3.16. The molecule has 0 saturated carbocycles. The second kappa shape index (κ2) is 5.60. The van der Waals surface area contributed by atoms with Crippen LogP contribution in [0.15, 0.2) is 28.6 Å². The van der Waals surface area contributed by atoms with Crippen molar-refractivity contribution in [3.05, 3.63) is 30.1 Å². The van der Waals surface area contributed by atoms with Gasteiger partial charge in [-0.1, -0.05) is 23.9 Å². The predicted molar refractivity (Wildman–Crippen MR) is 75.3 cm³/mol. The molecule has 1 rings (SSSR count). The molecule has 0 aliphatic heterocycles. The second-order valence-corrected chi connectivity index (χ2v) is 5.33. The fourth-order valence-corrected chi connectivity index (χ4v) is 2.38. The van der Waals surface area contributed by atoms with Crippen LogP contribution >= 0.6 is 21.0 Å². The van der Waals surface area contributed by atoms with Gasteiger partial charge in [0.05, 0.1) is 9.94 Å². The first kappa shape index (κ1) is 13.4. The van der Waals surface area contributed by atoms with Crippen LogP contribution in [0.2, 0.25) is 0 Å². The Kier molecular flexibility index (Phi) is 4.69. The lowest BCUT2D eigenvalue weighted by molar-refractivity contribution is 0.604. The lowest BCUT2D eigenvalue weighted by atomic mass is 10.1. The first-order valence-corrected chi connectivity index (χ1v) is 6.21. The summed E-state index contributed by atoms with van der Waals surface area (Å²) in [6, 6.07) is 3.43. The fraction of sp³-hybridized carbons (Fsp3) is 0.250. The minimum absolute atomic E-state index is 0.224. The molecule has 4 heteroatoms. The highest BCUT2D eigenvalue weighted by Gasteiger charge is 2.10. The van der Waals surface area contributed by atoms with Crippen LogP contribution in [-0.4, -0.2) is 12.1 Å². The van der Waals surface area contributed by atoms with Crippen LogP contribution in [0.3, 0.4) is 0 Å². The highest BCUT2D eigenvalue weighted by Crippen LogP contribution is 2.25. The van der Waals surface area contributed by atoms with Crippen LogP contribution < -0.4 is 5.30 Å². The van der Waals surface area contributed by atoms with Gasteiger partial charge < -0.3 is 0 Å². The molecule has 0 heterocycles. The van der Waals surface area contributed by atoms with Gasteiger partial charge in [0.2, 0.25) is 0 Å². The van der Waals surface area contributed by atoms with Gasteiger partial charge in [0, 0.05) is 7.05 Å². The maximum absolute atomic E-state index is 13.8. The van der Waals surface area contributed by atoms with Crippen molar-refractivity contribution in [2.24, 2.45) is 4.99 Å².